The van der Waals surface area contributed by atoms with E-state index >= 15 is 0 Å². The number of piperazine rings is 1. The highest BCUT2D eigenvalue weighted by Gasteiger charge is 2.25. The van der Waals surface area contributed by atoms with Crippen LogP contribution in [-0.4, -0.2) is 59.6 Å². The molecule has 3 aromatic rings. The molecule has 1 fully saturated rings. The zero-order chi connectivity index (χ0) is 21.1. The van der Waals surface area contributed by atoms with Crippen LogP contribution < -0.4 is 10.2 Å². The molecule has 156 valence electrons. The third kappa shape index (κ3) is 4.04. The maximum absolute atomic E-state index is 13.2. The number of benzene rings is 2. The first kappa shape index (κ1) is 20.0. The molecule has 2 aliphatic heterocycles. The van der Waals surface area contributed by atoms with E-state index in [1.54, 1.807) is 24.3 Å². The largest absolute Gasteiger partial charge is 0.352 e. The highest BCUT2D eigenvalue weighted by Crippen LogP contribution is 2.25. The number of imide groups is 1. The van der Waals surface area contributed by atoms with E-state index in [1.165, 1.54) is 25.1 Å². The topological polar surface area (TPSA) is 81.3 Å². The number of rotatable bonds is 3. The van der Waals surface area contributed by atoms with Crippen molar-refractivity contribution in [2.24, 2.45) is 0 Å². The van der Waals surface area contributed by atoms with Crippen LogP contribution in [0.15, 0.2) is 42.5 Å². The lowest BCUT2D eigenvalue weighted by molar-refractivity contribution is 0.0879. The van der Waals surface area contributed by atoms with Gasteiger partial charge in [-0.25, -0.2) is 4.39 Å². The molecular weight excluding hydrogens is 385 g/mol. The van der Waals surface area contributed by atoms with Gasteiger partial charge in [-0.1, -0.05) is 19.1 Å². The highest BCUT2D eigenvalue weighted by atomic mass is 19.1. The number of nitrogens with zero attached hydrogens (tertiary/aromatic N) is 3. The number of carbonyl (C=O) groups excluding carboxylic acids is 2. The number of H-pyrrole nitrogens is 1. The number of amides is 2. The molecule has 0 spiro atoms. The Kier molecular flexibility index (Phi) is 5.76. The molecular formula is C22H24FN5O2. The number of nitrogens with one attached hydrogen (secondary N) is 2. The normalized spacial score (nSPS) is 16.3. The zero-order valence-corrected chi connectivity index (χ0v) is 16.8. The second-order valence-electron chi connectivity index (χ2n) is 7.39. The van der Waals surface area contributed by atoms with Crippen LogP contribution in [0.5, 0.6) is 0 Å². The molecule has 2 aliphatic rings. The average Bonchev–Trinajstić information content (AvgIpc) is 3.30. The van der Waals surface area contributed by atoms with Gasteiger partial charge in [0.15, 0.2) is 5.82 Å². The van der Waals surface area contributed by atoms with E-state index in [0.717, 1.165) is 42.9 Å². The summed E-state index contributed by atoms with van der Waals surface area (Å²) in [5, 5.41) is 10.5. The predicted molar refractivity (Wildman–Crippen MR) is 113 cm³/mol. The average molecular weight is 409 g/mol. The summed E-state index contributed by atoms with van der Waals surface area (Å²) in [5.74, 6) is 0.123. The molecule has 0 atom stereocenters. The standard InChI is InChI=1S/C14H19FN4.C8H5NO2/c1-2-5-18-6-8-19(9-7-18)14-12-4-3-11(15)10-13(12)16-17-14;10-7-5-3-1-2-4-6(5)8(11)9-7/h3-4,10H,2,5-9H2,1H3,(H,16,17);1-4H,(H,9,10,11). The lowest BCUT2D eigenvalue weighted by Gasteiger charge is -2.34. The molecule has 0 aliphatic carbocycles. The summed E-state index contributed by atoms with van der Waals surface area (Å²) < 4.78 is 13.2. The summed E-state index contributed by atoms with van der Waals surface area (Å²) in [4.78, 5) is 26.6. The van der Waals surface area contributed by atoms with Crippen LogP contribution in [0.2, 0.25) is 0 Å². The molecule has 8 heteroatoms. The number of halogens is 1. The van der Waals surface area contributed by atoms with Gasteiger partial charge in [0.1, 0.15) is 5.82 Å². The Morgan fingerprint density at radius 3 is 2.30 bits per heavy atom. The van der Waals surface area contributed by atoms with Crippen molar-refractivity contribution in [1.29, 1.82) is 0 Å². The molecule has 2 N–H and O–H groups in total. The van der Waals surface area contributed by atoms with Gasteiger partial charge < -0.3 is 4.90 Å². The Labute approximate surface area is 173 Å². The van der Waals surface area contributed by atoms with Gasteiger partial charge in [0, 0.05) is 31.6 Å². The molecule has 1 aromatic heterocycles. The van der Waals surface area contributed by atoms with Gasteiger partial charge in [-0.2, -0.15) is 5.10 Å². The van der Waals surface area contributed by atoms with Gasteiger partial charge >= 0.3 is 0 Å². The minimum atomic E-state index is -0.300. The lowest BCUT2D eigenvalue weighted by atomic mass is 10.1. The molecule has 5 rings (SSSR count). The van der Waals surface area contributed by atoms with Crippen molar-refractivity contribution in [1.82, 2.24) is 20.4 Å². The fourth-order valence-electron chi connectivity index (χ4n) is 3.83. The van der Waals surface area contributed by atoms with E-state index in [-0.39, 0.29) is 17.6 Å². The summed E-state index contributed by atoms with van der Waals surface area (Å²) in [6.45, 7) is 7.49. The Morgan fingerprint density at radius 1 is 1.00 bits per heavy atom. The first-order valence-corrected chi connectivity index (χ1v) is 10.1. The number of carbonyl (C=O) groups is 2. The first-order chi connectivity index (χ1) is 14.6. The molecule has 2 amide bonds. The molecule has 1 saturated heterocycles. The van der Waals surface area contributed by atoms with Gasteiger partial charge in [-0.15, -0.1) is 0 Å². The molecule has 30 heavy (non-hydrogen) atoms. The zero-order valence-electron chi connectivity index (χ0n) is 16.8. The van der Waals surface area contributed by atoms with Crippen LogP contribution in [0.25, 0.3) is 10.9 Å². The molecule has 0 bridgehead atoms. The Balaban J connectivity index is 0.000000168. The quantitative estimate of drug-likeness (QED) is 0.650. The summed E-state index contributed by atoms with van der Waals surface area (Å²) in [7, 11) is 0. The van der Waals surface area contributed by atoms with Crippen molar-refractivity contribution in [3.05, 3.63) is 59.4 Å². The minimum absolute atomic E-state index is 0.226. The summed E-state index contributed by atoms with van der Waals surface area (Å²) in [5.41, 5.74) is 1.71. The fraction of sp³-hybridized carbons (Fsp3) is 0.318. The molecule has 0 radical (unpaired) electrons. The number of hydrogen-bond donors (Lipinski definition) is 2. The van der Waals surface area contributed by atoms with Crippen molar-refractivity contribution in [3.8, 4) is 0 Å². The van der Waals surface area contributed by atoms with Crippen LogP contribution in [0.4, 0.5) is 10.2 Å². The maximum Gasteiger partial charge on any atom is 0.258 e. The number of hydrogen-bond acceptors (Lipinski definition) is 5. The third-order valence-corrected chi connectivity index (χ3v) is 5.36. The first-order valence-electron chi connectivity index (χ1n) is 10.1. The van der Waals surface area contributed by atoms with E-state index < -0.39 is 0 Å². The molecule has 2 aromatic carbocycles. The van der Waals surface area contributed by atoms with Gasteiger partial charge in [0.05, 0.1) is 16.6 Å². The summed E-state index contributed by atoms with van der Waals surface area (Å²) in [6.07, 6.45) is 1.20. The molecule has 7 nitrogen and oxygen atoms in total. The van der Waals surface area contributed by atoms with Crippen molar-refractivity contribution >= 4 is 28.5 Å². The van der Waals surface area contributed by atoms with Crippen LogP contribution in [0, 0.1) is 5.82 Å². The predicted octanol–water partition coefficient (Wildman–Crippen LogP) is 2.80. The van der Waals surface area contributed by atoms with E-state index in [4.69, 9.17) is 0 Å². The van der Waals surface area contributed by atoms with E-state index in [9.17, 15) is 14.0 Å². The van der Waals surface area contributed by atoms with Crippen molar-refractivity contribution < 1.29 is 14.0 Å². The van der Waals surface area contributed by atoms with E-state index in [1.807, 2.05) is 6.07 Å². The van der Waals surface area contributed by atoms with Crippen LogP contribution in [0.3, 0.4) is 0 Å². The van der Waals surface area contributed by atoms with Crippen LogP contribution >= 0.6 is 0 Å². The maximum atomic E-state index is 13.2. The third-order valence-electron chi connectivity index (χ3n) is 5.36. The van der Waals surface area contributed by atoms with Gasteiger partial charge in [0.2, 0.25) is 0 Å². The number of aromatic nitrogens is 2. The van der Waals surface area contributed by atoms with Gasteiger partial charge in [0.25, 0.3) is 11.8 Å². The number of fused-ring (bicyclic) bond motifs is 2. The number of anilines is 1. The van der Waals surface area contributed by atoms with Gasteiger partial charge in [-0.05, 0) is 43.3 Å². The molecule has 3 heterocycles. The SMILES string of the molecule is CCCN1CCN(c2n[nH]c3cc(F)ccc23)CC1.O=C1NC(=O)c2ccccc21. The van der Waals surface area contributed by atoms with Crippen molar-refractivity contribution in [2.75, 3.05) is 37.6 Å². The van der Waals surface area contributed by atoms with Crippen LogP contribution in [-0.2, 0) is 0 Å². The minimum Gasteiger partial charge on any atom is -0.352 e. The Bertz CT molecular complexity index is 1040. The summed E-state index contributed by atoms with van der Waals surface area (Å²) in [6, 6.07) is 11.5. The van der Waals surface area contributed by atoms with Crippen molar-refractivity contribution in [3.63, 3.8) is 0 Å². The van der Waals surface area contributed by atoms with Gasteiger partial charge in [-0.3, -0.25) is 24.9 Å². The second kappa shape index (κ2) is 8.62. The second-order valence-corrected chi connectivity index (χ2v) is 7.39. The Morgan fingerprint density at radius 2 is 1.67 bits per heavy atom. The molecule has 0 saturated carbocycles. The fourth-order valence-corrected chi connectivity index (χ4v) is 3.83. The van der Waals surface area contributed by atoms with E-state index in [2.05, 4.69) is 32.2 Å². The van der Waals surface area contributed by atoms with Crippen molar-refractivity contribution in [2.45, 2.75) is 13.3 Å². The molecule has 0 unspecified atom stereocenters. The smallest absolute Gasteiger partial charge is 0.258 e. The van der Waals surface area contributed by atoms with Crippen LogP contribution in [0.1, 0.15) is 34.1 Å². The highest BCUT2D eigenvalue weighted by molar-refractivity contribution is 6.21. The lowest BCUT2D eigenvalue weighted by Crippen LogP contribution is -2.46. The number of aromatic amines is 1. The Hall–Kier alpha value is -3.26. The van der Waals surface area contributed by atoms with E-state index in [0.29, 0.717) is 11.1 Å². The summed E-state index contributed by atoms with van der Waals surface area (Å²) >= 11 is 0. The monoisotopic (exact) mass is 409 g/mol.